The molecule has 0 saturated carbocycles. The molecule has 2 aromatic heterocycles. The lowest BCUT2D eigenvalue weighted by atomic mass is 10.2. The van der Waals surface area contributed by atoms with Crippen molar-refractivity contribution in [1.29, 1.82) is 0 Å². The first-order valence-corrected chi connectivity index (χ1v) is 8.10. The Balaban J connectivity index is 1.64. The van der Waals surface area contributed by atoms with Crippen molar-refractivity contribution in [3.8, 4) is 0 Å². The molecule has 0 radical (unpaired) electrons. The summed E-state index contributed by atoms with van der Waals surface area (Å²) in [5.41, 5.74) is 1.19. The van der Waals surface area contributed by atoms with Gasteiger partial charge in [-0.25, -0.2) is 4.98 Å². The van der Waals surface area contributed by atoms with Crippen LogP contribution in [0.5, 0.6) is 0 Å². The van der Waals surface area contributed by atoms with Crippen molar-refractivity contribution in [2.24, 2.45) is 0 Å². The Hall–Kier alpha value is -0.910. The summed E-state index contributed by atoms with van der Waals surface area (Å²) in [5.74, 6) is 0. The van der Waals surface area contributed by atoms with Crippen molar-refractivity contribution in [3.63, 3.8) is 0 Å². The topological polar surface area (TPSA) is 32.6 Å². The first kappa shape index (κ1) is 13.1. The minimum Gasteiger partial charge on any atom is -0.313 e. The van der Waals surface area contributed by atoms with Crippen LogP contribution in [0.25, 0.3) is 4.96 Å². The fourth-order valence-corrected chi connectivity index (χ4v) is 3.58. The van der Waals surface area contributed by atoms with Crippen molar-refractivity contribution in [2.45, 2.75) is 38.8 Å². The molecule has 1 N–H and O–H groups in total. The number of nitrogens with zero attached hydrogens (tertiary/aromatic N) is 3. The molecule has 4 nitrogen and oxygen atoms in total. The van der Waals surface area contributed by atoms with Gasteiger partial charge in [-0.15, -0.1) is 11.3 Å². The normalized spacial score (nSPS) is 19.8. The van der Waals surface area contributed by atoms with E-state index in [1.807, 2.05) is 0 Å². The number of nitrogens with one attached hydrogen (secondary N) is 1. The summed E-state index contributed by atoms with van der Waals surface area (Å²) >= 11 is 1.70. The maximum Gasteiger partial charge on any atom is 0.193 e. The van der Waals surface area contributed by atoms with Gasteiger partial charge in [0.05, 0.1) is 5.69 Å². The number of hydrogen-bond donors (Lipinski definition) is 1. The third-order valence-corrected chi connectivity index (χ3v) is 4.48. The van der Waals surface area contributed by atoms with Crippen LogP contribution in [0.1, 0.15) is 31.9 Å². The van der Waals surface area contributed by atoms with Crippen LogP contribution in [-0.4, -0.2) is 40.0 Å². The molecule has 0 spiro atoms. The number of thiazole rings is 1. The molecule has 3 rings (SSSR count). The van der Waals surface area contributed by atoms with Gasteiger partial charge in [0.15, 0.2) is 4.96 Å². The van der Waals surface area contributed by atoms with Crippen molar-refractivity contribution in [2.75, 3.05) is 19.6 Å². The molecule has 1 aliphatic heterocycles. The van der Waals surface area contributed by atoms with Crippen molar-refractivity contribution >= 4 is 16.3 Å². The third-order valence-electron chi connectivity index (χ3n) is 3.71. The molecule has 1 aliphatic rings. The van der Waals surface area contributed by atoms with E-state index in [1.54, 1.807) is 11.3 Å². The summed E-state index contributed by atoms with van der Waals surface area (Å²) < 4.78 is 2.12. The van der Waals surface area contributed by atoms with Gasteiger partial charge in [-0.1, -0.05) is 6.92 Å². The average molecular weight is 278 g/mol. The summed E-state index contributed by atoms with van der Waals surface area (Å²) in [6.45, 7) is 6.72. The molecule has 1 saturated heterocycles. The van der Waals surface area contributed by atoms with E-state index < -0.39 is 0 Å². The number of aromatic nitrogens is 2. The second kappa shape index (κ2) is 6.03. The Morgan fingerprint density at radius 1 is 1.58 bits per heavy atom. The summed E-state index contributed by atoms with van der Waals surface area (Å²) in [7, 11) is 0. The third kappa shape index (κ3) is 3.16. The second-order valence-electron chi connectivity index (χ2n) is 5.35. The molecule has 19 heavy (non-hydrogen) atoms. The molecule has 1 atom stereocenters. The standard InChI is InChI=1S/C14H22N4S/c1-2-6-17(9-12-4-3-5-15-12)10-13-11-18-7-8-19-14(18)16-13/h7-8,11-12,15H,2-6,9-10H2,1H3. The molecular formula is C14H22N4S. The van der Waals surface area contributed by atoms with Gasteiger partial charge in [-0.3, -0.25) is 9.30 Å². The van der Waals surface area contributed by atoms with Crippen LogP contribution in [0.15, 0.2) is 17.8 Å². The fourth-order valence-electron chi connectivity index (χ4n) is 2.86. The Kier molecular flexibility index (Phi) is 4.15. The van der Waals surface area contributed by atoms with Gasteiger partial charge in [0.1, 0.15) is 0 Å². The zero-order valence-corrected chi connectivity index (χ0v) is 12.3. The average Bonchev–Trinajstić information content (AvgIpc) is 3.05. The highest BCUT2D eigenvalue weighted by Crippen LogP contribution is 2.14. The molecule has 2 aromatic rings. The highest BCUT2D eigenvalue weighted by Gasteiger charge is 2.18. The Morgan fingerprint density at radius 2 is 2.53 bits per heavy atom. The summed E-state index contributed by atoms with van der Waals surface area (Å²) in [6, 6.07) is 0.676. The van der Waals surface area contributed by atoms with Crippen LogP contribution in [0.2, 0.25) is 0 Å². The highest BCUT2D eigenvalue weighted by molar-refractivity contribution is 7.15. The lowest BCUT2D eigenvalue weighted by molar-refractivity contribution is 0.239. The SMILES string of the molecule is CCCN(Cc1cn2ccsc2n1)CC1CCCN1. The van der Waals surface area contributed by atoms with Crippen LogP contribution in [-0.2, 0) is 6.54 Å². The molecule has 0 aromatic carbocycles. The van der Waals surface area contributed by atoms with Crippen LogP contribution in [0, 0.1) is 0 Å². The number of imidazole rings is 1. The lowest BCUT2D eigenvalue weighted by Crippen LogP contribution is -2.37. The number of fused-ring (bicyclic) bond motifs is 1. The second-order valence-corrected chi connectivity index (χ2v) is 6.23. The first-order chi connectivity index (χ1) is 9.35. The van der Waals surface area contributed by atoms with E-state index in [2.05, 4.69) is 44.3 Å². The van der Waals surface area contributed by atoms with Crippen molar-refractivity contribution in [3.05, 3.63) is 23.5 Å². The summed E-state index contributed by atoms with van der Waals surface area (Å²) in [6.07, 6.45) is 8.09. The number of rotatable bonds is 6. The molecule has 104 valence electrons. The number of hydrogen-bond acceptors (Lipinski definition) is 4. The van der Waals surface area contributed by atoms with Gasteiger partial charge < -0.3 is 5.32 Å². The largest absolute Gasteiger partial charge is 0.313 e. The van der Waals surface area contributed by atoms with Gasteiger partial charge in [-0.05, 0) is 32.4 Å². The van der Waals surface area contributed by atoms with E-state index in [4.69, 9.17) is 0 Å². The predicted molar refractivity (Wildman–Crippen MR) is 79.7 cm³/mol. The molecular weight excluding hydrogens is 256 g/mol. The van der Waals surface area contributed by atoms with Crippen LogP contribution >= 0.6 is 11.3 Å². The van der Waals surface area contributed by atoms with E-state index in [1.165, 1.54) is 31.5 Å². The Labute approximate surface area is 118 Å². The van der Waals surface area contributed by atoms with E-state index in [9.17, 15) is 0 Å². The van der Waals surface area contributed by atoms with Crippen molar-refractivity contribution < 1.29 is 0 Å². The van der Waals surface area contributed by atoms with Gasteiger partial charge in [0.2, 0.25) is 0 Å². The fraction of sp³-hybridized carbons (Fsp3) is 0.643. The lowest BCUT2D eigenvalue weighted by Gasteiger charge is -2.24. The predicted octanol–water partition coefficient (Wildman–Crippen LogP) is 2.36. The molecule has 0 amide bonds. The Morgan fingerprint density at radius 3 is 3.26 bits per heavy atom. The quantitative estimate of drug-likeness (QED) is 0.880. The smallest absolute Gasteiger partial charge is 0.193 e. The van der Waals surface area contributed by atoms with Gasteiger partial charge in [0, 0.05) is 36.9 Å². The van der Waals surface area contributed by atoms with E-state index in [0.717, 1.165) is 24.6 Å². The highest BCUT2D eigenvalue weighted by atomic mass is 32.1. The van der Waals surface area contributed by atoms with Gasteiger partial charge in [0.25, 0.3) is 0 Å². The molecule has 5 heteroatoms. The van der Waals surface area contributed by atoms with Crippen LogP contribution in [0.3, 0.4) is 0 Å². The minimum absolute atomic E-state index is 0.676. The molecule has 1 unspecified atom stereocenters. The van der Waals surface area contributed by atoms with Gasteiger partial charge in [-0.2, -0.15) is 0 Å². The monoisotopic (exact) mass is 278 g/mol. The first-order valence-electron chi connectivity index (χ1n) is 7.22. The zero-order valence-electron chi connectivity index (χ0n) is 11.5. The molecule has 1 fully saturated rings. The van der Waals surface area contributed by atoms with E-state index in [0.29, 0.717) is 6.04 Å². The Bertz CT molecular complexity index is 484. The van der Waals surface area contributed by atoms with Crippen LogP contribution < -0.4 is 5.32 Å². The molecule has 3 heterocycles. The molecule has 0 aliphatic carbocycles. The van der Waals surface area contributed by atoms with E-state index in [-0.39, 0.29) is 0 Å². The van der Waals surface area contributed by atoms with E-state index >= 15 is 0 Å². The molecule has 0 bridgehead atoms. The minimum atomic E-state index is 0.676. The van der Waals surface area contributed by atoms with Gasteiger partial charge >= 0.3 is 0 Å². The van der Waals surface area contributed by atoms with Crippen molar-refractivity contribution in [1.82, 2.24) is 19.6 Å². The summed E-state index contributed by atoms with van der Waals surface area (Å²) in [4.78, 5) is 8.33. The van der Waals surface area contributed by atoms with Crippen LogP contribution in [0.4, 0.5) is 0 Å². The maximum absolute atomic E-state index is 4.69. The zero-order chi connectivity index (χ0) is 13.1. The maximum atomic E-state index is 4.69. The summed E-state index contributed by atoms with van der Waals surface area (Å²) in [5, 5.41) is 5.67.